The second-order valence-corrected chi connectivity index (χ2v) is 3.29. The molecule has 4 heteroatoms. The molecular formula is C8H16N2O2. The first-order chi connectivity index (χ1) is 5.68. The first-order valence-corrected chi connectivity index (χ1v) is 4.36. The first kappa shape index (κ1) is 9.32. The molecule has 0 spiro atoms. The van der Waals surface area contributed by atoms with E-state index in [0.717, 1.165) is 19.5 Å². The molecule has 0 bridgehead atoms. The molecule has 1 aliphatic rings. The topological polar surface area (TPSA) is 50.4 Å². The predicted octanol–water partition coefficient (Wildman–Crippen LogP) is 0.483. The summed E-state index contributed by atoms with van der Waals surface area (Å²) in [6, 6.07) is 0.247. The normalized spacial score (nSPS) is 22.8. The molecule has 1 amide bonds. The van der Waals surface area contributed by atoms with Crippen molar-refractivity contribution in [3.8, 4) is 0 Å². The molecule has 4 nitrogen and oxygen atoms in total. The lowest BCUT2D eigenvalue weighted by Gasteiger charge is -2.13. The van der Waals surface area contributed by atoms with Gasteiger partial charge in [0, 0.05) is 12.6 Å². The van der Waals surface area contributed by atoms with Crippen LogP contribution in [0, 0.1) is 0 Å². The van der Waals surface area contributed by atoms with E-state index in [0.29, 0.717) is 0 Å². The third-order valence-electron chi connectivity index (χ3n) is 1.73. The van der Waals surface area contributed by atoms with E-state index in [4.69, 9.17) is 4.74 Å². The van der Waals surface area contributed by atoms with Crippen molar-refractivity contribution in [1.82, 2.24) is 10.6 Å². The Bertz CT molecular complexity index is 153. The van der Waals surface area contributed by atoms with Crippen LogP contribution in [0.25, 0.3) is 0 Å². The van der Waals surface area contributed by atoms with Crippen LogP contribution in [0.2, 0.25) is 0 Å². The van der Waals surface area contributed by atoms with Crippen molar-refractivity contribution in [3.05, 3.63) is 0 Å². The fourth-order valence-electron chi connectivity index (χ4n) is 1.19. The minimum Gasteiger partial charge on any atom is -0.447 e. The Morgan fingerprint density at radius 2 is 2.42 bits per heavy atom. The third kappa shape index (κ3) is 3.09. The Morgan fingerprint density at radius 1 is 1.67 bits per heavy atom. The van der Waals surface area contributed by atoms with Gasteiger partial charge in [0.15, 0.2) is 0 Å². The summed E-state index contributed by atoms with van der Waals surface area (Å²) in [6.07, 6.45) is 0.644. The van der Waals surface area contributed by atoms with Gasteiger partial charge in [0.05, 0.1) is 6.10 Å². The van der Waals surface area contributed by atoms with E-state index in [1.54, 1.807) is 0 Å². The third-order valence-corrected chi connectivity index (χ3v) is 1.73. The fourth-order valence-corrected chi connectivity index (χ4v) is 1.19. The van der Waals surface area contributed by atoms with Gasteiger partial charge in [0.25, 0.3) is 0 Å². The van der Waals surface area contributed by atoms with Crippen LogP contribution >= 0.6 is 0 Å². The van der Waals surface area contributed by atoms with Gasteiger partial charge in [-0.3, -0.25) is 0 Å². The number of carbonyl (C=O) groups excluding carboxylic acids is 1. The van der Waals surface area contributed by atoms with Gasteiger partial charge in [0.1, 0.15) is 0 Å². The molecule has 1 saturated heterocycles. The second kappa shape index (κ2) is 4.30. The number of alkyl carbamates (subject to hydrolysis) is 1. The van der Waals surface area contributed by atoms with Crippen LogP contribution in [-0.4, -0.2) is 31.3 Å². The summed E-state index contributed by atoms with van der Waals surface area (Å²) in [6.45, 7) is 5.51. The largest absolute Gasteiger partial charge is 0.447 e. The molecule has 0 unspecified atom stereocenters. The minimum absolute atomic E-state index is 0.0423. The highest BCUT2D eigenvalue weighted by atomic mass is 16.6. The monoisotopic (exact) mass is 172 g/mol. The number of hydrogen-bond donors (Lipinski definition) is 2. The van der Waals surface area contributed by atoms with Gasteiger partial charge in [-0.15, -0.1) is 0 Å². The molecule has 1 aliphatic heterocycles. The number of nitrogens with one attached hydrogen (secondary N) is 2. The van der Waals surface area contributed by atoms with Gasteiger partial charge in [-0.25, -0.2) is 4.79 Å². The summed E-state index contributed by atoms with van der Waals surface area (Å²) in [5.74, 6) is 0. The number of amides is 1. The molecule has 1 fully saturated rings. The summed E-state index contributed by atoms with van der Waals surface area (Å²) in [7, 11) is 0. The SMILES string of the molecule is CC(C)OC(=O)N[C@H]1CCNC1. The number of carbonyl (C=O) groups is 1. The van der Waals surface area contributed by atoms with Crippen LogP contribution in [0.15, 0.2) is 0 Å². The van der Waals surface area contributed by atoms with E-state index in [1.165, 1.54) is 0 Å². The zero-order valence-electron chi connectivity index (χ0n) is 7.59. The maximum absolute atomic E-state index is 11.0. The van der Waals surface area contributed by atoms with E-state index < -0.39 is 0 Å². The van der Waals surface area contributed by atoms with E-state index in [1.807, 2.05) is 13.8 Å². The molecule has 0 aliphatic carbocycles. The van der Waals surface area contributed by atoms with Crippen molar-refractivity contribution in [2.45, 2.75) is 32.4 Å². The molecule has 1 rings (SSSR count). The highest BCUT2D eigenvalue weighted by Crippen LogP contribution is 1.98. The van der Waals surface area contributed by atoms with Crippen LogP contribution in [0.4, 0.5) is 4.79 Å². The Kier molecular flexibility index (Phi) is 3.34. The summed E-state index contributed by atoms with van der Waals surface area (Å²) in [5, 5.41) is 5.95. The van der Waals surface area contributed by atoms with Crippen LogP contribution in [0.5, 0.6) is 0 Å². The molecule has 70 valence electrons. The van der Waals surface area contributed by atoms with Crippen molar-refractivity contribution >= 4 is 6.09 Å². The lowest BCUT2D eigenvalue weighted by molar-refractivity contribution is 0.113. The predicted molar refractivity (Wildman–Crippen MR) is 46.0 cm³/mol. The Labute approximate surface area is 72.7 Å². The smallest absolute Gasteiger partial charge is 0.407 e. The van der Waals surface area contributed by atoms with Gasteiger partial charge >= 0.3 is 6.09 Å². The zero-order valence-corrected chi connectivity index (χ0v) is 7.59. The minimum atomic E-state index is -0.307. The summed E-state index contributed by atoms with van der Waals surface area (Å²) < 4.78 is 4.93. The lowest BCUT2D eigenvalue weighted by Crippen LogP contribution is -2.37. The molecule has 0 saturated carbocycles. The standard InChI is InChI=1S/C8H16N2O2/c1-6(2)12-8(11)10-7-3-4-9-5-7/h6-7,9H,3-5H2,1-2H3,(H,10,11)/t7-/m0/s1. The Morgan fingerprint density at radius 3 is 2.92 bits per heavy atom. The van der Waals surface area contributed by atoms with Crippen LogP contribution in [0.3, 0.4) is 0 Å². The Hall–Kier alpha value is -0.770. The summed E-state index contributed by atoms with van der Waals surface area (Å²) in [4.78, 5) is 11.0. The van der Waals surface area contributed by atoms with Crippen LogP contribution < -0.4 is 10.6 Å². The number of hydrogen-bond acceptors (Lipinski definition) is 3. The van der Waals surface area contributed by atoms with Crippen molar-refractivity contribution in [2.24, 2.45) is 0 Å². The highest BCUT2D eigenvalue weighted by molar-refractivity contribution is 5.67. The van der Waals surface area contributed by atoms with E-state index >= 15 is 0 Å². The average Bonchev–Trinajstić information content (AvgIpc) is 2.37. The van der Waals surface area contributed by atoms with E-state index in [-0.39, 0.29) is 18.2 Å². The van der Waals surface area contributed by atoms with Gasteiger partial charge < -0.3 is 15.4 Å². The van der Waals surface area contributed by atoms with E-state index in [9.17, 15) is 4.79 Å². The zero-order chi connectivity index (χ0) is 8.97. The fraction of sp³-hybridized carbons (Fsp3) is 0.875. The molecule has 0 radical (unpaired) electrons. The van der Waals surface area contributed by atoms with Crippen molar-refractivity contribution in [2.75, 3.05) is 13.1 Å². The second-order valence-electron chi connectivity index (χ2n) is 3.29. The molecule has 1 atom stereocenters. The molecule has 1 heterocycles. The molecular weight excluding hydrogens is 156 g/mol. The number of rotatable bonds is 2. The number of ether oxygens (including phenoxy) is 1. The summed E-state index contributed by atoms with van der Waals surface area (Å²) in [5.41, 5.74) is 0. The van der Waals surface area contributed by atoms with Gasteiger partial charge in [-0.05, 0) is 26.8 Å². The Balaban J connectivity index is 2.16. The lowest BCUT2D eigenvalue weighted by atomic mass is 10.3. The van der Waals surface area contributed by atoms with Crippen LogP contribution in [-0.2, 0) is 4.74 Å². The molecule has 2 N–H and O–H groups in total. The summed E-state index contributed by atoms with van der Waals surface area (Å²) >= 11 is 0. The molecule has 0 aromatic rings. The van der Waals surface area contributed by atoms with Crippen LogP contribution in [0.1, 0.15) is 20.3 Å². The van der Waals surface area contributed by atoms with Crippen molar-refractivity contribution in [1.29, 1.82) is 0 Å². The maximum Gasteiger partial charge on any atom is 0.407 e. The van der Waals surface area contributed by atoms with Gasteiger partial charge in [-0.2, -0.15) is 0 Å². The van der Waals surface area contributed by atoms with Crippen molar-refractivity contribution < 1.29 is 9.53 Å². The first-order valence-electron chi connectivity index (χ1n) is 4.36. The van der Waals surface area contributed by atoms with Gasteiger partial charge in [-0.1, -0.05) is 0 Å². The average molecular weight is 172 g/mol. The molecule has 0 aromatic carbocycles. The molecule has 12 heavy (non-hydrogen) atoms. The van der Waals surface area contributed by atoms with Gasteiger partial charge in [0.2, 0.25) is 0 Å². The maximum atomic E-state index is 11.0. The van der Waals surface area contributed by atoms with Crippen molar-refractivity contribution in [3.63, 3.8) is 0 Å². The van der Waals surface area contributed by atoms with E-state index in [2.05, 4.69) is 10.6 Å². The highest BCUT2D eigenvalue weighted by Gasteiger charge is 2.17. The molecule has 0 aromatic heterocycles. The quantitative estimate of drug-likeness (QED) is 0.637.